The maximum absolute atomic E-state index is 5.01. The first-order valence-corrected chi connectivity index (χ1v) is 1.52. The van der Waals surface area contributed by atoms with Gasteiger partial charge < -0.3 is 5.73 Å². The smallest absolute Gasteiger partial charge is 0.118 e. The summed E-state index contributed by atoms with van der Waals surface area (Å²) in [6.45, 7) is 1.64. The molecule has 4 nitrogen and oxygen atoms in total. The van der Waals surface area contributed by atoms with Gasteiger partial charge in [0.05, 0.1) is 0 Å². The van der Waals surface area contributed by atoms with Gasteiger partial charge >= 0.3 is 0 Å². The van der Waals surface area contributed by atoms with Crippen molar-refractivity contribution >= 4 is 5.84 Å². The van der Waals surface area contributed by atoms with Crippen LogP contribution in [-0.2, 0) is 0 Å². The SMILES string of the molecule is C/C(N)=N/NN.[HH]. The van der Waals surface area contributed by atoms with Crippen LogP contribution in [0.5, 0.6) is 0 Å². The predicted molar refractivity (Wildman–Crippen MR) is 26.7 cm³/mol. The van der Waals surface area contributed by atoms with Crippen LogP contribution >= 0.6 is 0 Å². The van der Waals surface area contributed by atoms with Gasteiger partial charge in [0, 0.05) is 1.43 Å². The Morgan fingerprint density at radius 2 is 2.50 bits per heavy atom. The van der Waals surface area contributed by atoms with Crippen molar-refractivity contribution in [3.63, 3.8) is 0 Å². The van der Waals surface area contributed by atoms with Gasteiger partial charge in [-0.3, -0.25) is 0 Å². The van der Waals surface area contributed by atoms with Crippen molar-refractivity contribution in [2.45, 2.75) is 6.92 Å². The molecule has 0 aliphatic rings. The van der Waals surface area contributed by atoms with Crippen LogP contribution in [0.3, 0.4) is 0 Å². The van der Waals surface area contributed by atoms with E-state index in [1.165, 1.54) is 0 Å². The summed E-state index contributed by atoms with van der Waals surface area (Å²) < 4.78 is 0. The summed E-state index contributed by atoms with van der Waals surface area (Å²) in [5, 5.41) is 3.35. The van der Waals surface area contributed by atoms with Crippen molar-refractivity contribution < 1.29 is 1.43 Å². The Morgan fingerprint density at radius 3 is 2.50 bits per heavy atom. The molecule has 0 saturated carbocycles. The van der Waals surface area contributed by atoms with Crippen LogP contribution in [0.15, 0.2) is 5.10 Å². The minimum absolute atomic E-state index is 0. The van der Waals surface area contributed by atoms with Crippen LogP contribution in [0.1, 0.15) is 8.35 Å². The van der Waals surface area contributed by atoms with E-state index in [2.05, 4.69) is 5.10 Å². The van der Waals surface area contributed by atoms with Crippen molar-refractivity contribution in [1.82, 2.24) is 5.53 Å². The predicted octanol–water partition coefficient (Wildman–Crippen LogP) is -1.01. The molecular weight excluding hydrogens is 80.0 g/mol. The quantitative estimate of drug-likeness (QED) is 0.167. The van der Waals surface area contributed by atoms with Gasteiger partial charge in [-0.05, 0) is 6.92 Å². The zero-order chi connectivity index (χ0) is 4.99. The second-order valence-electron chi connectivity index (χ2n) is 0.882. The Hall–Kier alpha value is -0.770. The van der Waals surface area contributed by atoms with Crippen LogP contribution in [0, 0.1) is 0 Å². The van der Waals surface area contributed by atoms with Crippen molar-refractivity contribution in [3.05, 3.63) is 0 Å². The normalized spacial score (nSPS) is 11.3. The first-order chi connectivity index (χ1) is 2.77. The summed E-state index contributed by atoms with van der Waals surface area (Å²) in [4.78, 5) is 0. The summed E-state index contributed by atoms with van der Waals surface area (Å²) in [6, 6.07) is 0. The van der Waals surface area contributed by atoms with Crippen molar-refractivity contribution in [1.29, 1.82) is 0 Å². The van der Waals surface area contributed by atoms with E-state index >= 15 is 0 Å². The molecular formula is C2H10N4. The molecule has 0 aromatic carbocycles. The first kappa shape index (κ1) is 5.23. The van der Waals surface area contributed by atoms with Gasteiger partial charge in [-0.1, -0.05) is 0 Å². The number of hydrazone groups is 1. The molecule has 4 heteroatoms. The summed E-state index contributed by atoms with van der Waals surface area (Å²) in [5.41, 5.74) is 7.04. The highest BCUT2D eigenvalue weighted by atomic mass is 15.5. The number of amidine groups is 1. The highest BCUT2D eigenvalue weighted by molar-refractivity contribution is 5.76. The molecule has 0 aliphatic carbocycles. The summed E-state index contributed by atoms with van der Waals surface area (Å²) in [7, 11) is 0. The molecule has 0 radical (unpaired) electrons. The average molecular weight is 90.1 g/mol. The highest BCUT2D eigenvalue weighted by Crippen LogP contribution is 1.51. The highest BCUT2D eigenvalue weighted by Gasteiger charge is 1.67. The minimum atomic E-state index is 0. The molecule has 6 heavy (non-hydrogen) atoms. The molecule has 38 valence electrons. The van der Waals surface area contributed by atoms with Gasteiger partial charge in [0.2, 0.25) is 0 Å². The lowest BCUT2D eigenvalue weighted by molar-refractivity contribution is 0.802. The molecule has 0 unspecified atom stereocenters. The maximum Gasteiger partial charge on any atom is 0.118 e. The third-order valence-corrected chi connectivity index (χ3v) is 0.241. The molecule has 5 N–H and O–H groups in total. The van der Waals surface area contributed by atoms with E-state index < -0.39 is 0 Å². The summed E-state index contributed by atoms with van der Waals surface area (Å²) >= 11 is 0. The largest absolute Gasteiger partial charge is 0.386 e. The second kappa shape index (κ2) is 2.47. The Balaban J connectivity index is 0. The summed E-state index contributed by atoms with van der Waals surface area (Å²) in [5.74, 6) is 5.14. The molecule has 0 bridgehead atoms. The van der Waals surface area contributed by atoms with Crippen LogP contribution in [0.2, 0.25) is 0 Å². The van der Waals surface area contributed by atoms with Gasteiger partial charge in [-0.2, -0.15) is 5.10 Å². The van der Waals surface area contributed by atoms with Gasteiger partial charge in [0.1, 0.15) is 5.84 Å². The molecule has 0 aromatic heterocycles. The van der Waals surface area contributed by atoms with E-state index in [-0.39, 0.29) is 1.43 Å². The zero-order valence-corrected chi connectivity index (χ0v) is 3.60. The lowest BCUT2D eigenvalue weighted by Gasteiger charge is -1.85. The Morgan fingerprint density at radius 1 is 2.00 bits per heavy atom. The summed E-state index contributed by atoms with van der Waals surface area (Å²) in [6.07, 6.45) is 0. The Kier molecular flexibility index (Phi) is 2.15. The molecule has 0 amide bonds. The zero-order valence-electron chi connectivity index (χ0n) is 3.60. The van der Waals surface area contributed by atoms with Crippen LogP contribution in [0.25, 0.3) is 0 Å². The average Bonchev–Trinajstić information content (AvgIpc) is 1.35. The Labute approximate surface area is 37.7 Å². The van der Waals surface area contributed by atoms with Gasteiger partial charge in [-0.25, -0.2) is 11.4 Å². The monoisotopic (exact) mass is 90.1 g/mol. The molecule has 0 rings (SSSR count). The van der Waals surface area contributed by atoms with E-state index in [1.54, 1.807) is 6.92 Å². The first-order valence-electron chi connectivity index (χ1n) is 1.52. The van der Waals surface area contributed by atoms with E-state index in [1.807, 2.05) is 5.53 Å². The fourth-order valence-corrected chi connectivity index (χ4v) is 0.102. The minimum Gasteiger partial charge on any atom is -0.386 e. The molecule has 0 aromatic rings. The van der Waals surface area contributed by atoms with E-state index in [9.17, 15) is 0 Å². The third kappa shape index (κ3) is 3.23. The fraction of sp³-hybridized carbons (Fsp3) is 0.500. The molecule has 0 aliphatic heterocycles. The van der Waals surface area contributed by atoms with Crippen molar-refractivity contribution in [2.75, 3.05) is 0 Å². The Bertz CT molecular complexity index is 56.7. The van der Waals surface area contributed by atoms with E-state index in [0.717, 1.165) is 0 Å². The number of nitrogens with one attached hydrogen (secondary N) is 1. The van der Waals surface area contributed by atoms with E-state index in [0.29, 0.717) is 5.84 Å². The molecule has 0 spiro atoms. The fourth-order valence-electron chi connectivity index (χ4n) is 0.102. The molecule has 0 atom stereocenters. The number of hydrogen-bond acceptors (Lipinski definition) is 3. The van der Waals surface area contributed by atoms with Gasteiger partial charge in [-0.15, -0.1) is 0 Å². The van der Waals surface area contributed by atoms with Crippen LogP contribution in [-0.4, -0.2) is 5.84 Å². The number of nitrogens with two attached hydrogens (primary N) is 2. The van der Waals surface area contributed by atoms with Crippen molar-refractivity contribution in [2.24, 2.45) is 16.7 Å². The molecule has 0 heterocycles. The maximum atomic E-state index is 5.01. The number of hydrogen-bond donors (Lipinski definition) is 3. The number of nitrogens with zero attached hydrogens (tertiary/aromatic N) is 1. The van der Waals surface area contributed by atoms with Gasteiger partial charge in [0.15, 0.2) is 0 Å². The van der Waals surface area contributed by atoms with Crippen LogP contribution < -0.4 is 17.1 Å². The molecule has 0 fully saturated rings. The lowest BCUT2D eigenvalue weighted by atomic mass is 10.7. The van der Waals surface area contributed by atoms with Crippen LogP contribution in [0.4, 0.5) is 0 Å². The number of rotatable bonds is 1. The van der Waals surface area contributed by atoms with Gasteiger partial charge in [0.25, 0.3) is 0 Å². The lowest BCUT2D eigenvalue weighted by Crippen LogP contribution is -2.19. The van der Waals surface area contributed by atoms with E-state index in [4.69, 9.17) is 11.6 Å². The second-order valence-corrected chi connectivity index (χ2v) is 0.882. The third-order valence-electron chi connectivity index (χ3n) is 0.241. The topological polar surface area (TPSA) is 76.4 Å². The number of hydrazine groups is 1. The van der Waals surface area contributed by atoms with Crippen molar-refractivity contribution in [3.8, 4) is 0 Å². The molecule has 0 saturated heterocycles. The standard InChI is InChI=1S/C2H8N4.H2/c1-2(3)5-6-4;/h6H,4H2,1H3,(H2,3,5);1H.